The minimum atomic E-state index is -0.210. The van der Waals surface area contributed by atoms with Gasteiger partial charge in [0.1, 0.15) is 0 Å². The molecule has 5 nitrogen and oxygen atoms in total. The normalized spacial score (nSPS) is 16.0. The summed E-state index contributed by atoms with van der Waals surface area (Å²) in [6.45, 7) is 9.17. The number of nitrogens with zero attached hydrogens (tertiary/aromatic N) is 4. The Hall–Kier alpha value is -2.86. The van der Waals surface area contributed by atoms with E-state index >= 15 is 0 Å². The fraction of sp³-hybridized carbons (Fsp3) is 0.292. The number of thioether (sulfide) groups is 1. The Morgan fingerprint density at radius 1 is 1.13 bits per heavy atom. The number of allylic oxidation sites excluding steroid dienone is 1. The molecule has 0 fully saturated rings. The molecule has 0 N–H and O–H groups in total. The van der Waals surface area contributed by atoms with Gasteiger partial charge in [-0.1, -0.05) is 52.9 Å². The maximum absolute atomic E-state index is 13.1. The average molecular weight is 417 g/mol. The maximum atomic E-state index is 13.1. The van der Waals surface area contributed by atoms with Gasteiger partial charge in [0.15, 0.2) is 0 Å². The van der Waals surface area contributed by atoms with Crippen LogP contribution in [0.1, 0.15) is 37.5 Å². The number of benzene rings is 2. The summed E-state index contributed by atoms with van der Waals surface area (Å²) in [5.41, 5.74) is 7.22. The molecule has 6 heteroatoms. The van der Waals surface area contributed by atoms with Crippen molar-refractivity contribution in [3.63, 3.8) is 0 Å². The zero-order valence-corrected chi connectivity index (χ0v) is 18.5. The molecule has 0 radical (unpaired) electrons. The van der Waals surface area contributed by atoms with Crippen LogP contribution in [0.5, 0.6) is 5.88 Å². The van der Waals surface area contributed by atoms with Crippen LogP contribution in [0.4, 0.5) is 5.69 Å². The van der Waals surface area contributed by atoms with Crippen LogP contribution in [-0.2, 0) is 12.4 Å². The zero-order valence-electron chi connectivity index (χ0n) is 17.6. The summed E-state index contributed by atoms with van der Waals surface area (Å²) in [5.74, 6) is 0.523. The van der Waals surface area contributed by atoms with Crippen molar-refractivity contribution in [1.82, 2.24) is 10.1 Å². The fourth-order valence-electron chi connectivity index (χ4n) is 4.48. The monoisotopic (exact) mass is 416 g/mol. The molecule has 0 spiro atoms. The van der Waals surface area contributed by atoms with Crippen LogP contribution in [0, 0.1) is 6.92 Å². The van der Waals surface area contributed by atoms with Crippen molar-refractivity contribution in [2.75, 3.05) is 4.90 Å². The van der Waals surface area contributed by atoms with Gasteiger partial charge in [-0.25, -0.2) is 4.98 Å². The lowest BCUT2D eigenvalue weighted by Crippen LogP contribution is -2.59. The summed E-state index contributed by atoms with van der Waals surface area (Å²) in [4.78, 5) is 6.67. The number of hydrogen-bond donors (Lipinski definition) is 0. The minimum Gasteiger partial charge on any atom is -0.854 e. The van der Waals surface area contributed by atoms with Crippen molar-refractivity contribution in [2.24, 2.45) is 0 Å². The zero-order chi connectivity index (χ0) is 21.0. The van der Waals surface area contributed by atoms with Gasteiger partial charge in [0.05, 0.1) is 22.7 Å². The van der Waals surface area contributed by atoms with Gasteiger partial charge in [-0.2, -0.15) is 0 Å². The third-order valence-electron chi connectivity index (χ3n) is 5.82. The van der Waals surface area contributed by atoms with Crippen LogP contribution in [0.15, 0.2) is 53.7 Å². The van der Waals surface area contributed by atoms with Gasteiger partial charge >= 0.3 is 0 Å². The maximum Gasteiger partial charge on any atom is 0.254 e. The van der Waals surface area contributed by atoms with Crippen molar-refractivity contribution in [3.05, 3.63) is 65.2 Å². The summed E-state index contributed by atoms with van der Waals surface area (Å²) in [5, 5.41) is 18.4. The van der Waals surface area contributed by atoms with E-state index in [4.69, 9.17) is 5.10 Å². The second kappa shape index (κ2) is 6.84. The molecule has 0 bridgehead atoms. The van der Waals surface area contributed by atoms with E-state index in [9.17, 15) is 5.11 Å². The number of aromatic nitrogens is 3. The lowest BCUT2D eigenvalue weighted by Gasteiger charge is -2.43. The van der Waals surface area contributed by atoms with Gasteiger partial charge in [0.25, 0.3) is 17.5 Å². The van der Waals surface area contributed by atoms with Gasteiger partial charge in [-0.3, -0.25) is 0 Å². The van der Waals surface area contributed by atoms with Crippen molar-refractivity contribution in [2.45, 2.75) is 50.8 Å². The Bertz CT molecular complexity index is 1190. The van der Waals surface area contributed by atoms with Crippen LogP contribution < -0.4 is 14.7 Å². The van der Waals surface area contributed by atoms with Crippen molar-refractivity contribution < 1.29 is 9.79 Å². The molecule has 3 aromatic rings. The van der Waals surface area contributed by atoms with Crippen LogP contribution in [0.2, 0.25) is 0 Å². The highest BCUT2D eigenvalue weighted by atomic mass is 32.2. The standard InChI is InChI=1S/C24H24N4OS/c1-15-10-18-16(2)12-24(3,4)27-14-28-21(19(11-15)20(18)27)22(29)25-23(26-28)30-13-17-8-6-5-7-9-17/h5-12H,13-14H2,1-4H3. The van der Waals surface area contributed by atoms with Crippen molar-refractivity contribution in [3.8, 4) is 17.1 Å². The molecule has 152 valence electrons. The van der Waals surface area contributed by atoms with E-state index in [1.165, 1.54) is 28.5 Å². The molecule has 0 saturated heterocycles. The van der Waals surface area contributed by atoms with Gasteiger partial charge in [-0.05, 0) is 56.5 Å². The van der Waals surface area contributed by atoms with E-state index in [0.717, 1.165) is 22.6 Å². The first-order valence-electron chi connectivity index (χ1n) is 10.1. The summed E-state index contributed by atoms with van der Waals surface area (Å²) in [6.07, 6.45) is 2.30. The van der Waals surface area contributed by atoms with Gasteiger partial charge in [0, 0.05) is 16.4 Å². The SMILES string of the molecule is CC1=CC(C)(C)N2C[n+]3nc(SCc4ccccc4)nc([O-])c3-c3cc(C)cc1c32. The molecule has 2 aliphatic heterocycles. The van der Waals surface area contributed by atoms with E-state index in [-0.39, 0.29) is 11.4 Å². The summed E-state index contributed by atoms with van der Waals surface area (Å²) in [6, 6.07) is 14.5. The molecule has 2 aliphatic rings. The number of aryl methyl sites for hydroxylation is 1. The molecule has 0 amide bonds. The van der Waals surface area contributed by atoms with E-state index in [2.05, 4.69) is 67.9 Å². The third-order valence-corrected chi connectivity index (χ3v) is 6.73. The van der Waals surface area contributed by atoms with Gasteiger partial charge in [-0.15, -0.1) is 0 Å². The molecule has 3 heterocycles. The Balaban J connectivity index is 1.61. The molecule has 0 unspecified atom stereocenters. The van der Waals surface area contributed by atoms with Crippen LogP contribution in [-0.4, -0.2) is 15.6 Å². The Morgan fingerprint density at radius 2 is 1.87 bits per heavy atom. The van der Waals surface area contributed by atoms with Crippen molar-refractivity contribution in [1.29, 1.82) is 0 Å². The molecule has 0 atom stereocenters. The van der Waals surface area contributed by atoms with E-state index in [0.29, 0.717) is 17.5 Å². The van der Waals surface area contributed by atoms with Gasteiger partial charge in [0.2, 0.25) is 0 Å². The van der Waals surface area contributed by atoms with E-state index < -0.39 is 0 Å². The fourth-order valence-corrected chi connectivity index (χ4v) is 5.27. The number of rotatable bonds is 3. The molecule has 5 rings (SSSR count). The molecule has 0 aliphatic carbocycles. The molecule has 2 aromatic carbocycles. The topological polar surface area (TPSA) is 56.0 Å². The predicted molar refractivity (Wildman–Crippen MR) is 118 cm³/mol. The highest BCUT2D eigenvalue weighted by Crippen LogP contribution is 2.47. The minimum absolute atomic E-state index is 0.170. The highest BCUT2D eigenvalue weighted by Gasteiger charge is 2.42. The third kappa shape index (κ3) is 3.06. The van der Waals surface area contributed by atoms with Gasteiger partial charge < -0.3 is 10.0 Å². The molecular weight excluding hydrogens is 392 g/mol. The number of hydrogen-bond acceptors (Lipinski definition) is 5. The van der Waals surface area contributed by atoms with Crippen LogP contribution >= 0.6 is 11.8 Å². The predicted octanol–water partition coefficient (Wildman–Crippen LogP) is 4.08. The molecule has 0 saturated carbocycles. The first-order valence-corrected chi connectivity index (χ1v) is 11.1. The van der Waals surface area contributed by atoms with E-state index in [1.54, 1.807) is 0 Å². The quantitative estimate of drug-likeness (QED) is 0.476. The Labute approximate surface area is 181 Å². The second-order valence-electron chi connectivity index (χ2n) is 8.58. The molecule has 30 heavy (non-hydrogen) atoms. The lowest BCUT2D eigenvalue weighted by molar-refractivity contribution is -0.750. The van der Waals surface area contributed by atoms with E-state index in [1.807, 2.05) is 22.9 Å². The largest absolute Gasteiger partial charge is 0.854 e. The highest BCUT2D eigenvalue weighted by molar-refractivity contribution is 7.98. The summed E-state index contributed by atoms with van der Waals surface area (Å²) < 4.78 is 1.84. The summed E-state index contributed by atoms with van der Waals surface area (Å²) >= 11 is 1.50. The average Bonchev–Trinajstić information content (AvgIpc) is 2.70. The lowest BCUT2D eigenvalue weighted by atomic mass is 9.85. The van der Waals surface area contributed by atoms with Crippen molar-refractivity contribution >= 4 is 23.0 Å². The molecule has 1 aromatic heterocycles. The summed E-state index contributed by atoms with van der Waals surface area (Å²) in [7, 11) is 0. The number of anilines is 1. The van der Waals surface area contributed by atoms with Crippen LogP contribution in [0.3, 0.4) is 0 Å². The molecular formula is C24H24N4OS. The first-order chi connectivity index (χ1) is 14.3. The Kier molecular flexibility index (Phi) is 4.36. The Morgan fingerprint density at radius 3 is 2.63 bits per heavy atom. The second-order valence-corrected chi connectivity index (χ2v) is 9.52. The first kappa shape index (κ1) is 19.1. The smallest absolute Gasteiger partial charge is 0.254 e. The number of fused-ring (bicyclic) bond motifs is 2. The van der Waals surface area contributed by atoms with Crippen LogP contribution in [0.25, 0.3) is 16.8 Å².